The van der Waals surface area contributed by atoms with E-state index in [2.05, 4.69) is 27.4 Å². The van der Waals surface area contributed by atoms with Crippen molar-refractivity contribution in [2.45, 2.75) is 25.9 Å². The number of hydrogen-bond donors (Lipinski definition) is 6. The first-order valence-electron chi connectivity index (χ1n) is 16.2. The molecule has 16 heteroatoms. The molecule has 3 heterocycles. The Morgan fingerprint density at radius 1 is 0.980 bits per heavy atom. The number of phenolic OH excluding ortho intramolecular Hbond substituents is 1. The Balaban J connectivity index is 1.03. The van der Waals surface area contributed by atoms with E-state index < -0.39 is 5.91 Å². The number of carbonyl (C=O) groups is 2. The molecule has 5 rings (SSSR count). The molecule has 4 aromatic rings. The quantitative estimate of drug-likeness (QED) is 0.0303. The number of ether oxygens (including phenoxy) is 3. The van der Waals surface area contributed by atoms with Crippen LogP contribution in [0.15, 0.2) is 54.5 Å². The predicted molar refractivity (Wildman–Crippen MR) is 187 cm³/mol. The smallest absolute Gasteiger partial charge is 0.254 e. The van der Waals surface area contributed by atoms with Crippen LogP contribution in [0.1, 0.15) is 23.1 Å². The number of carbonyl (C=O) groups excluding carboxylic acids is 2. The second-order valence-electron chi connectivity index (χ2n) is 11.5. The Bertz CT molecular complexity index is 1860. The standard InChI is InChI=1S/C34H42N10O6/c35-17-26(18-36)34(47)39-7-10-49-12-14-50-13-11-48-9-6-29(46)43-8-5-23-15-22(1-2-25(23)20-43)19-44-33-30(32(38)40-21-41-33)31(42-44)24-3-4-28(45)27(37)16-24/h1-4,15-18,21,35,45H,5-14,19-20,36-37H2,(H,39,47)(H2,38,40,41). The summed E-state index contributed by atoms with van der Waals surface area (Å²) in [5.74, 6) is -0.0913. The average Bonchev–Trinajstić information content (AvgIpc) is 3.49. The third kappa shape index (κ3) is 8.90. The van der Waals surface area contributed by atoms with Crippen molar-refractivity contribution in [3.05, 3.63) is 71.2 Å². The maximum atomic E-state index is 12.9. The summed E-state index contributed by atoms with van der Waals surface area (Å²) >= 11 is 0. The van der Waals surface area contributed by atoms with Gasteiger partial charge in [0, 0.05) is 37.6 Å². The number of nitrogens with zero attached hydrogens (tertiary/aromatic N) is 5. The summed E-state index contributed by atoms with van der Waals surface area (Å²) in [6.45, 7) is 3.98. The maximum absolute atomic E-state index is 12.9. The average molecular weight is 687 g/mol. The molecule has 0 aliphatic carbocycles. The van der Waals surface area contributed by atoms with Crippen LogP contribution in [0.4, 0.5) is 11.5 Å². The number of benzene rings is 2. The number of nitrogens with two attached hydrogens (primary N) is 3. The molecule has 50 heavy (non-hydrogen) atoms. The number of nitrogens with one attached hydrogen (secondary N) is 2. The molecule has 0 saturated heterocycles. The summed E-state index contributed by atoms with van der Waals surface area (Å²) in [6.07, 6.45) is 4.40. The van der Waals surface area contributed by atoms with Gasteiger partial charge in [0.05, 0.1) is 69.3 Å². The van der Waals surface area contributed by atoms with Crippen LogP contribution in [-0.2, 0) is 43.3 Å². The monoisotopic (exact) mass is 686 g/mol. The fraction of sp³-hybridized carbons (Fsp3) is 0.353. The van der Waals surface area contributed by atoms with Gasteiger partial charge in [-0.2, -0.15) is 5.10 Å². The van der Waals surface area contributed by atoms with Crippen molar-refractivity contribution in [2.75, 3.05) is 64.2 Å². The van der Waals surface area contributed by atoms with E-state index in [9.17, 15) is 14.7 Å². The second-order valence-corrected chi connectivity index (χ2v) is 11.5. The van der Waals surface area contributed by atoms with Gasteiger partial charge in [-0.3, -0.25) is 9.59 Å². The zero-order valence-corrected chi connectivity index (χ0v) is 27.6. The Morgan fingerprint density at radius 3 is 2.48 bits per heavy atom. The van der Waals surface area contributed by atoms with Crippen LogP contribution in [0.3, 0.4) is 0 Å². The van der Waals surface area contributed by atoms with Crippen LogP contribution in [0.25, 0.3) is 22.3 Å². The molecule has 1 aliphatic heterocycles. The molecule has 2 amide bonds. The van der Waals surface area contributed by atoms with Gasteiger partial charge in [-0.05, 0) is 41.3 Å². The number of rotatable bonds is 17. The molecule has 16 nitrogen and oxygen atoms in total. The molecule has 0 saturated carbocycles. The molecular formula is C34H42N10O6. The first-order chi connectivity index (χ1) is 24.3. The largest absolute Gasteiger partial charge is 0.506 e. The molecule has 0 bridgehead atoms. The first kappa shape index (κ1) is 35.7. The zero-order valence-electron chi connectivity index (χ0n) is 27.6. The SMILES string of the molecule is N=CC(=CN)C(=O)NCCOCCOCCOCCC(=O)N1CCc2cc(Cn3nc(-c4ccc(O)c(N)c4)c4c(N)ncnc43)ccc2C1. The van der Waals surface area contributed by atoms with E-state index in [0.29, 0.717) is 93.9 Å². The Morgan fingerprint density at radius 2 is 1.74 bits per heavy atom. The number of fused-ring (bicyclic) bond motifs is 2. The highest BCUT2D eigenvalue weighted by Crippen LogP contribution is 2.34. The minimum absolute atomic E-state index is 0.00948. The fourth-order valence-electron chi connectivity index (χ4n) is 5.52. The van der Waals surface area contributed by atoms with E-state index in [1.54, 1.807) is 16.8 Å². The van der Waals surface area contributed by atoms with Crippen LogP contribution in [-0.4, -0.2) is 101 Å². The summed E-state index contributed by atoms with van der Waals surface area (Å²) < 4.78 is 18.3. The summed E-state index contributed by atoms with van der Waals surface area (Å²) in [5.41, 5.74) is 23.0. The summed E-state index contributed by atoms with van der Waals surface area (Å²) in [6, 6.07) is 11.1. The number of phenols is 1. The number of hydrogen-bond acceptors (Lipinski definition) is 13. The molecule has 0 radical (unpaired) electrons. The van der Waals surface area contributed by atoms with Crippen LogP contribution in [0, 0.1) is 5.41 Å². The zero-order chi connectivity index (χ0) is 35.5. The molecule has 0 unspecified atom stereocenters. The van der Waals surface area contributed by atoms with Crippen LogP contribution in [0.2, 0.25) is 0 Å². The molecule has 0 fully saturated rings. The van der Waals surface area contributed by atoms with Gasteiger partial charge >= 0.3 is 0 Å². The summed E-state index contributed by atoms with van der Waals surface area (Å²) in [4.78, 5) is 35.0. The lowest BCUT2D eigenvalue weighted by Crippen LogP contribution is -2.36. The van der Waals surface area contributed by atoms with E-state index in [1.165, 1.54) is 18.0 Å². The Labute approximate surface area is 288 Å². The molecule has 1 aliphatic rings. The highest BCUT2D eigenvalue weighted by Gasteiger charge is 2.22. The highest BCUT2D eigenvalue weighted by molar-refractivity contribution is 6.11. The van der Waals surface area contributed by atoms with Crippen molar-refractivity contribution in [1.29, 1.82) is 5.41 Å². The lowest BCUT2D eigenvalue weighted by atomic mass is 9.97. The molecule has 0 spiro atoms. The van der Waals surface area contributed by atoms with Crippen molar-refractivity contribution in [1.82, 2.24) is 30.0 Å². The van der Waals surface area contributed by atoms with Gasteiger partial charge in [0.1, 0.15) is 23.6 Å². The molecule has 0 atom stereocenters. The van der Waals surface area contributed by atoms with E-state index in [4.69, 9.17) is 41.9 Å². The van der Waals surface area contributed by atoms with Crippen molar-refractivity contribution in [2.24, 2.45) is 5.73 Å². The van der Waals surface area contributed by atoms with Gasteiger partial charge in [-0.1, -0.05) is 18.2 Å². The highest BCUT2D eigenvalue weighted by atomic mass is 16.5. The van der Waals surface area contributed by atoms with Gasteiger partial charge in [0.25, 0.3) is 5.91 Å². The van der Waals surface area contributed by atoms with Crippen molar-refractivity contribution in [3.63, 3.8) is 0 Å². The van der Waals surface area contributed by atoms with E-state index in [-0.39, 0.29) is 29.3 Å². The van der Waals surface area contributed by atoms with Crippen molar-refractivity contribution >= 4 is 40.6 Å². The second kappa shape index (κ2) is 17.2. The topological polar surface area (TPSA) is 243 Å². The van der Waals surface area contributed by atoms with E-state index >= 15 is 0 Å². The number of amides is 2. The lowest BCUT2D eigenvalue weighted by molar-refractivity contribution is -0.133. The normalized spacial score (nSPS) is 13.0. The van der Waals surface area contributed by atoms with Gasteiger partial charge in [0.2, 0.25) is 5.91 Å². The molecule has 264 valence electrons. The fourth-order valence-corrected chi connectivity index (χ4v) is 5.52. The molecule has 2 aromatic heterocycles. The van der Waals surface area contributed by atoms with Gasteiger partial charge < -0.3 is 52.1 Å². The van der Waals surface area contributed by atoms with Crippen LogP contribution in [0.5, 0.6) is 5.75 Å². The minimum atomic E-state index is -0.424. The third-order valence-corrected chi connectivity index (χ3v) is 8.16. The third-order valence-electron chi connectivity index (χ3n) is 8.16. The van der Waals surface area contributed by atoms with E-state index in [0.717, 1.165) is 30.0 Å². The number of anilines is 2. The molecular weight excluding hydrogens is 644 g/mol. The molecule has 2 aromatic carbocycles. The number of aromatic nitrogens is 4. The Hall–Kier alpha value is -5.58. The summed E-state index contributed by atoms with van der Waals surface area (Å²) in [5, 5.41) is 25.0. The summed E-state index contributed by atoms with van der Waals surface area (Å²) in [7, 11) is 0. The first-order valence-corrected chi connectivity index (χ1v) is 16.2. The predicted octanol–water partition coefficient (Wildman–Crippen LogP) is 1.34. The molecule has 9 N–H and O–H groups in total. The van der Waals surface area contributed by atoms with Crippen molar-refractivity contribution < 1.29 is 28.9 Å². The van der Waals surface area contributed by atoms with Gasteiger partial charge in [-0.25, -0.2) is 14.6 Å². The number of aromatic hydroxyl groups is 1. The minimum Gasteiger partial charge on any atom is -0.506 e. The maximum Gasteiger partial charge on any atom is 0.254 e. The lowest BCUT2D eigenvalue weighted by Gasteiger charge is -2.29. The Kier molecular flexibility index (Phi) is 12.3. The number of nitrogen functional groups attached to an aromatic ring is 2. The van der Waals surface area contributed by atoms with Crippen LogP contribution >= 0.6 is 0 Å². The van der Waals surface area contributed by atoms with Gasteiger partial charge in [0.15, 0.2) is 5.65 Å². The van der Waals surface area contributed by atoms with Gasteiger partial charge in [-0.15, -0.1) is 0 Å². The van der Waals surface area contributed by atoms with Crippen LogP contribution < -0.4 is 22.5 Å². The van der Waals surface area contributed by atoms with E-state index in [1.807, 2.05) is 11.0 Å². The van der Waals surface area contributed by atoms with Crippen molar-refractivity contribution in [3.8, 4) is 17.0 Å².